The van der Waals surface area contributed by atoms with Crippen LogP contribution in [0.25, 0.3) is 21.9 Å². The fraction of sp³-hybridized carbons (Fsp3) is 0.143. The van der Waals surface area contributed by atoms with E-state index in [2.05, 4.69) is 10.6 Å². The summed E-state index contributed by atoms with van der Waals surface area (Å²) in [6.45, 7) is 0.246. The van der Waals surface area contributed by atoms with Gasteiger partial charge in [-0.3, -0.25) is 9.59 Å². The van der Waals surface area contributed by atoms with Crippen molar-refractivity contribution in [3.05, 3.63) is 58.8 Å². The van der Waals surface area contributed by atoms with Crippen molar-refractivity contribution in [2.45, 2.75) is 6.42 Å². The minimum absolute atomic E-state index is 0.150. The van der Waals surface area contributed by atoms with Crippen LogP contribution in [0.15, 0.2) is 57.6 Å². The van der Waals surface area contributed by atoms with E-state index in [0.717, 1.165) is 16.4 Å². The summed E-state index contributed by atoms with van der Waals surface area (Å²) in [6.07, 6.45) is 0.150. The molecule has 0 aliphatic heterocycles. The van der Waals surface area contributed by atoms with Crippen molar-refractivity contribution in [3.63, 3.8) is 0 Å². The second-order valence-corrected chi connectivity index (χ2v) is 6.99. The Balaban J connectivity index is 1.46. The van der Waals surface area contributed by atoms with Crippen molar-refractivity contribution in [2.75, 3.05) is 19.0 Å². The zero-order valence-electron chi connectivity index (χ0n) is 15.2. The molecule has 4 aromatic rings. The van der Waals surface area contributed by atoms with Gasteiger partial charge in [-0.2, -0.15) is 11.3 Å². The van der Waals surface area contributed by atoms with Crippen molar-refractivity contribution in [1.29, 1.82) is 0 Å². The van der Waals surface area contributed by atoms with Gasteiger partial charge in [0, 0.05) is 40.7 Å². The summed E-state index contributed by atoms with van der Waals surface area (Å²) < 4.78 is 11.3. The van der Waals surface area contributed by atoms with E-state index in [0.29, 0.717) is 22.6 Å². The largest absolute Gasteiger partial charge is 0.495 e. The summed E-state index contributed by atoms with van der Waals surface area (Å²) in [5, 5.41) is 11.1. The number of hydrogen-bond acceptors (Lipinski definition) is 5. The van der Waals surface area contributed by atoms with Gasteiger partial charge in [0.15, 0.2) is 0 Å². The van der Waals surface area contributed by atoms with E-state index in [1.165, 1.54) is 11.3 Å². The minimum atomic E-state index is -0.223. The number of benzene rings is 2. The van der Waals surface area contributed by atoms with Crippen LogP contribution in [-0.2, 0) is 4.79 Å². The number of methoxy groups -OCH3 is 1. The number of para-hydroxylation sites is 1. The van der Waals surface area contributed by atoms with Crippen LogP contribution in [0.4, 0.5) is 5.69 Å². The molecular formula is C21H18N2O4S. The van der Waals surface area contributed by atoms with Crippen LogP contribution in [0.2, 0.25) is 0 Å². The fourth-order valence-corrected chi connectivity index (χ4v) is 3.65. The Kier molecular flexibility index (Phi) is 4.99. The first-order valence-electron chi connectivity index (χ1n) is 8.75. The van der Waals surface area contributed by atoms with Gasteiger partial charge in [-0.1, -0.05) is 18.2 Å². The minimum Gasteiger partial charge on any atom is -0.495 e. The predicted octanol–water partition coefficient (Wildman–Crippen LogP) is 4.41. The molecule has 0 unspecified atom stereocenters. The highest BCUT2D eigenvalue weighted by atomic mass is 32.1. The maximum atomic E-state index is 12.3. The second kappa shape index (κ2) is 7.74. The van der Waals surface area contributed by atoms with E-state index in [1.807, 2.05) is 35.7 Å². The van der Waals surface area contributed by atoms with Crippen LogP contribution in [-0.4, -0.2) is 25.5 Å². The van der Waals surface area contributed by atoms with Crippen LogP contribution in [0.5, 0.6) is 5.75 Å². The van der Waals surface area contributed by atoms with Gasteiger partial charge >= 0.3 is 0 Å². The Morgan fingerprint density at radius 1 is 1.11 bits per heavy atom. The number of anilines is 1. The molecule has 0 fully saturated rings. The zero-order valence-corrected chi connectivity index (χ0v) is 16.0. The first-order chi connectivity index (χ1) is 13.7. The molecule has 0 spiro atoms. The number of hydrogen-bond donors (Lipinski definition) is 2. The molecule has 2 amide bonds. The van der Waals surface area contributed by atoms with Crippen molar-refractivity contribution in [1.82, 2.24) is 5.32 Å². The maximum absolute atomic E-state index is 12.3. The zero-order chi connectivity index (χ0) is 19.5. The van der Waals surface area contributed by atoms with Gasteiger partial charge in [0.05, 0.1) is 12.8 Å². The van der Waals surface area contributed by atoms with Crippen molar-refractivity contribution in [3.8, 4) is 5.75 Å². The molecule has 0 atom stereocenters. The van der Waals surface area contributed by atoms with E-state index >= 15 is 0 Å². The fourth-order valence-electron chi connectivity index (χ4n) is 3.02. The Morgan fingerprint density at radius 3 is 2.75 bits per heavy atom. The second-order valence-electron chi connectivity index (χ2n) is 6.21. The SMILES string of the molecule is COc1cc2c(cc1NC(=O)CCNC(=O)c1ccsc1)oc1ccccc12. The van der Waals surface area contributed by atoms with Gasteiger partial charge < -0.3 is 19.8 Å². The molecule has 0 saturated heterocycles. The number of carbonyl (C=O) groups excluding carboxylic acids is 2. The van der Waals surface area contributed by atoms with Gasteiger partial charge in [-0.25, -0.2) is 0 Å². The molecule has 0 saturated carbocycles. The number of rotatable bonds is 6. The number of nitrogens with one attached hydrogen (secondary N) is 2. The lowest BCUT2D eigenvalue weighted by atomic mass is 10.1. The molecule has 2 heterocycles. The van der Waals surface area contributed by atoms with Gasteiger partial charge in [0.25, 0.3) is 5.91 Å². The summed E-state index contributed by atoms with van der Waals surface area (Å²) in [5.41, 5.74) is 2.58. The number of carbonyl (C=O) groups is 2. The molecule has 142 valence electrons. The molecule has 4 rings (SSSR count). The molecule has 7 heteroatoms. The van der Waals surface area contributed by atoms with Crippen molar-refractivity contribution < 1.29 is 18.7 Å². The van der Waals surface area contributed by atoms with Crippen LogP contribution in [0, 0.1) is 0 Å². The smallest absolute Gasteiger partial charge is 0.252 e. The summed E-state index contributed by atoms with van der Waals surface area (Å²) in [5.74, 6) is 0.143. The average Bonchev–Trinajstić information content (AvgIpc) is 3.35. The lowest BCUT2D eigenvalue weighted by Crippen LogP contribution is -2.27. The molecule has 2 aromatic carbocycles. The van der Waals surface area contributed by atoms with Crippen LogP contribution >= 0.6 is 11.3 Å². The number of thiophene rings is 1. The number of amides is 2. The number of fused-ring (bicyclic) bond motifs is 3. The van der Waals surface area contributed by atoms with Gasteiger partial charge in [-0.05, 0) is 23.6 Å². The normalized spacial score (nSPS) is 10.9. The topological polar surface area (TPSA) is 80.6 Å². The van der Waals surface area contributed by atoms with Gasteiger partial charge in [-0.15, -0.1) is 0 Å². The summed E-state index contributed by atoms with van der Waals surface area (Å²) in [4.78, 5) is 24.2. The van der Waals surface area contributed by atoms with Crippen LogP contribution in [0.3, 0.4) is 0 Å². The highest BCUT2D eigenvalue weighted by Crippen LogP contribution is 2.36. The molecule has 2 aromatic heterocycles. The number of furan rings is 1. The monoisotopic (exact) mass is 394 g/mol. The van der Waals surface area contributed by atoms with E-state index in [-0.39, 0.29) is 24.8 Å². The Labute approximate surface area is 165 Å². The van der Waals surface area contributed by atoms with Gasteiger partial charge in [0.1, 0.15) is 16.9 Å². The standard InChI is InChI=1S/C21H18N2O4S/c1-26-19-10-15-14-4-2-3-5-17(14)27-18(15)11-16(19)23-20(24)6-8-22-21(25)13-7-9-28-12-13/h2-5,7,9-12H,6,8H2,1H3,(H,22,25)(H,23,24). The van der Waals surface area contributed by atoms with E-state index in [9.17, 15) is 9.59 Å². The van der Waals surface area contributed by atoms with Crippen molar-refractivity contribution >= 4 is 50.8 Å². The quantitative estimate of drug-likeness (QED) is 0.507. The summed E-state index contributed by atoms with van der Waals surface area (Å²) in [7, 11) is 1.56. The Bertz CT molecular complexity index is 1150. The lowest BCUT2D eigenvalue weighted by molar-refractivity contribution is -0.116. The molecule has 6 nitrogen and oxygen atoms in total. The number of ether oxygens (including phenoxy) is 1. The first kappa shape index (κ1) is 18.1. The summed E-state index contributed by atoms with van der Waals surface area (Å²) >= 11 is 1.45. The third kappa shape index (κ3) is 3.57. The van der Waals surface area contributed by atoms with Crippen LogP contribution < -0.4 is 15.4 Å². The maximum Gasteiger partial charge on any atom is 0.252 e. The molecule has 0 aliphatic rings. The van der Waals surface area contributed by atoms with E-state index < -0.39 is 0 Å². The molecule has 28 heavy (non-hydrogen) atoms. The first-order valence-corrected chi connectivity index (χ1v) is 9.69. The highest BCUT2D eigenvalue weighted by Gasteiger charge is 2.14. The molecule has 2 N–H and O–H groups in total. The molecule has 0 aliphatic carbocycles. The third-order valence-corrected chi connectivity index (χ3v) is 5.08. The van der Waals surface area contributed by atoms with Crippen molar-refractivity contribution in [2.24, 2.45) is 0 Å². The lowest BCUT2D eigenvalue weighted by Gasteiger charge is -2.10. The predicted molar refractivity (Wildman–Crippen MR) is 110 cm³/mol. The van der Waals surface area contributed by atoms with E-state index in [1.54, 1.807) is 24.6 Å². The summed E-state index contributed by atoms with van der Waals surface area (Å²) in [6, 6.07) is 13.1. The highest BCUT2D eigenvalue weighted by molar-refractivity contribution is 7.08. The van der Waals surface area contributed by atoms with Crippen LogP contribution in [0.1, 0.15) is 16.8 Å². The molecule has 0 radical (unpaired) electrons. The van der Waals surface area contributed by atoms with E-state index in [4.69, 9.17) is 9.15 Å². The third-order valence-electron chi connectivity index (χ3n) is 4.39. The Hall–Kier alpha value is -3.32. The van der Waals surface area contributed by atoms with Gasteiger partial charge in [0.2, 0.25) is 5.91 Å². The Morgan fingerprint density at radius 2 is 1.96 bits per heavy atom. The molecular weight excluding hydrogens is 376 g/mol. The molecule has 0 bridgehead atoms. The average molecular weight is 394 g/mol.